The highest BCUT2D eigenvalue weighted by Crippen LogP contribution is 2.19. The van der Waals surface area contributed by atoms with Gasteiger partial charge in [0.25, 0.3) is 0 Å². The van der Waals surface area contributed by atoms with Crippen LogP contribution in [0.2, 0.25) is 0 Å². The largest absolute Gasteiger partial charge is 0.497 e. The van der Waals surface area contributed by atoms with E-state index in [-0.39, 0.29) is 5.97 Å². The minimum Gasteiger partial charge on any atom is -0.497 e. The van der Waals surface area contributed by atoms with Crippen LogP contribution < -0.4 is 4.74 Å². The maximum absolute atomic E-state index is 11.6. The maximum Gasteiger partial charge on any atom is 0.330 e. The second-order valence-electron chi connectivity index (χ2n) is 4.98. The third-order valence-corrected chi connectivity index (χ3v) is 3.37. The second kappa shape index (κ2) is 10.0. The SMILES string of the molecule is CCCCCCOC(=O)/C=C/c1ccc(OC)cc1CC. The summed E-state index contributed by atoms with van der Waals surface area (Å²) in [5.41, 5.74) is 2.18. The molecule has 1 aromatic carbocycles. The van der Waals surface area contributed by atoms with Crippen LogP contribution in [0.5, 0.6) is 5.75 Å². The zero-order valence-electron chi connectivity index (χ0n) is 13.4. The van der Waals surface area contributed by atoms with Crippen molar-refractivity contribution < 1.29 is 14.3 Å². The number of hydrogen-bond acceptors (Lipinski definition) is 3. The van der Waals surface area contributed by atoms with Crippen molar-refractivity contribution in [3.8, 4) is 5.75 Å². The van der Waals surface area contributed by atoms with Crippen LogP contribution in [0.3, 0.4) is 0 Å². The molecule has 0 saturated heterocycles. The molecular formula is C18H26O3. The van der Waals surface area contributed by atoms with Gasteiger partial charge in [-0.2, -0.15) is 0 Å². The molecule has 0 spiro atoms. The Labute approximate surface area is 128 Å². The first-order valence-corrected chi connectivity index (χ1v) is 7.73. The van der Waals surface area contributed by atoms with E-state index in [2.05, 4.69) is 13.8 Å². The van der Waals surface area contributed by atoms with E-state index in [0.29, 0.717) is 6.61 Å². The van der Waals surface area contributed by atoms with E-state index in [0.717, 1.165) is 36.1 Å². The van der Waals surface area contributed by atoms with Crippen LogP contribution in [0.25, 0.3) is 6.08 Å². The summed E-state index contributed by atoms with van der Waals surface area (Å²) in [5.74, 6) is 0.562. The lowest BCUT2D eigenvalue weighted by atomic mass is 10.0. The molecule has 3 nitrogen and oxygen atoms in total. The van der Waals surface area contributed by atoms with E-state index in [9.17, 15) is 4.79 Å². The van der Waals surface area contributed by atoms with E-state index >= 15 is 0 Å². The fourth-order valence-electron chi connectivity index (χ4n) is 2.09. The highest BCUT2D eigenvalue weighted by molar-refractivity contribution is 5.87. The van der Waals surface area contributed by atoms with Gasteiger partial charge in [-0.25, -0.2) is 4.79 Å². The van der Waals surface area contributed by atoms with Gasteiger partial charge in [-0.15, -0.1) is 0 Å². The molecule has 1 rings (SSSR count). The normalized spacial score (nSPS) is 10.8. The molecular weight excluding hydrogens is 264 g/mol. The van der Waals surface area contributed by atoms with E-state index < -0.39 is 0 Å². The number of methoxy groups -OCH3 is 1. The summed E-state index contributed by atoms with van der Waals surface area (Å²) in [6, 6.07) is 5.85. The van der Waals surface area contributed by atoms with E-state index in [1.807, 2.05) is 24.3 Å². The molecule has 116 valence electrons. The van der Waals surface area contributed by atoms with E-state index in [1.165, 1.54) is 18.9 Å². The minimum absolute atomic E-state index is 0.274. The van der Waals surface area contributed by atoms with Crippen LogP contribution in [0, 0.1) is 0 Å². The molecule has 0 aliphatic carbocycles. The molecule has 0 aliphatic heterocycles. The first kappa shape index (κ1) is 17.3. The Bertz CT molecular complexity index is 464. The molecule has 0 radical (unpaired) electrons. The predicted octanol–water partition coefficient (Wildman–Crippen LogP) is 4.39. The lowest BCUT2D eigenvalue weighted by Gasteiger charge is -2.06. The Morgan fingerprint density at radius 1 is 1.19 bits per heavy atom. The Hall–Kier alpha value is -1.77. The van der Waals surface area contributed by atoms with E-state index in [1.54, 1.807) is 7.11 Å². The number of carbonyl (C=O) groups excluding carboxylic acids is 1. The Morgan fingerprint density at radius 3 is 2.67 bits per heavy atom. The smallest absolute Gasteiger partial charge is 0.330 e. The molecule has 0 amide bonds. The number of esters is 1. The fourth-order valence-corrected chi connectivity index (χ4v) is 2.09. The summed E-state index contributed by atoms with van der Waals surface area (Å²) in [4.78, 5) is 11.6. The Morgan fingerprint density at radius 2 is 2.00 bits per heavy atom. The van der Waals surface area contributed by atoms with Gasteiger partial charge in [0.2, 0.25) is 0 Å². The van der Waals surface area contributed by atoms with Crippen molar-refractivity contribution in [1.82, 2.24) is 0 Å². The summed E-state index contributed by atoms with van der Waals surface area (Å²) in [6.07, 6.45) is 8.64. The number of unbranched alkanes of at least 4 members (excludes halogenated alkanes) is 3. The van der Waals surface area contributed by atoms with Crippen molar-refractivity contribution in [2.24, 2.45) is 0 Å². The molecule has 0 unspecified atom stereocenters. The fraction of sp³-hybridized carbons (Fsp3) is 0.500. The van der Waals surface area contributed by atoms with Crippen LogP contribution in [0.4, 0.5) is 0 Å². The Balaban J connectivity index is 2.50. The van der Waals surface area contributed by atoms with Crippen molar-refractivity contribution in [2.45, 2.75) is 46.0 Å². The molecule has 21 heavy (non-hydrogen) atoms. The van der Waals surface area contributed by atoms with Crippen molar-refractivity contribution in [1.29, 1.82) is 0 Å². The highest BCUT2D eigenvalue weighted by atomic mass is 16.5. The Kier molecular flexibility index (Phi) is 8.25. The monoisotopic (exact) mass is 290 g/mol. The minimum atomic E-state index is -0.274. The molecule has 0 N–H and O–H groups in total. The standard InChI is InChI=1S/C18H26O3/c1-4-6-7-8-13-21-18(19)12-10-16-9-11-17(20-3)14-15(16)5-2/h9-12,14H,4-8,13H2,1-3H3/b12-10+. The van der Waals surface area contributed by atoms with Gasteiger partial charge >= 0.3 is 5.97 Å². The summed E-state index contributed by atoms with van der Waals surface area (Å²) >= 11 is 0. The van der Waals surface area contributed by atoms with Gasteiger partial charge in [0.15, 0.2) is 0 Å². The van der Waals surface area contributed by atoms with Gasteiger partial charge in [-0.1, -0.05) is 39.2 Å². The van der Waals surface area contributed by atoms with Crippen molar-refractivity contribution >= 4 is 12.0 Å². The van der Waals surface area contributed by atoms with Crippen LogP contribution in [0.1, 0.15) is 50.7 Å². The predicted molar refractivity (Wildman–Crippen MR) is 86.5 cm³/mol. The van der Waals surface area contributed by atoms with Crippen molar-refractivity contribution in [2.75, 3.05) is 13.7 Å². The molecule has 0 saturated carbocycles. The first-order valence-electron chi connectivity index (χ1n) is 7.73. The number of rotatable bonds is 9. The number of benzene rings is 1. The molecule has 0 fully saturated rings. The van der Waals surface area contributed by atoms with Crippen molar-refractivity contribution in [3.05, 3.63) is 35.4 Å². The van der Waals surface area contributed by atoms with E-state index in [4.69, 9.17) is 9.47 Å². The van der Waals surface area contributed by atoms with Crippen LogP contribution in [0.15, 0.2) is 24.3 Å². The van der Waals surface area contributed by atoms with Gasteiger partial charge in [0, 0.05) is 6.08 Å². The number of ether oxygens (including phenoxy) is 2. The van der Waals surface area contributed by atoms with Gasteiger partial charge in [-0.05, 0) is 42.2 Å². The van der Waals surface area contributed by atoms with Crippen LogP contribution in [-0.2, 0) is 16.0 Å². The van der Waals surface area contributed by atoms with Gasteiger partial charge in [0.1, 0.15) is 5.75 Å². The molecule has 0 bridgehead atoms. The molecule has 0 aliphatic rings. The third-order valence-electron chi connectivity index (χ3n) is 3.37. The molecule has 0 atom stereocenters. The molecule has 3 heteroatoms. The number of aryl methyl sites for hydroxylation is 1. The van der Waals surface area contributed by atoms with Gasteiger partial charge < -0.3 is 9.47 Å². The first-order chi connectivity index (χ1) is 10.2. The van der Waals surface area contributed by atoms with Crippen LogP contribution in [-0.4, -0.2) is 19.7 Å². The maximum atomic E-state index is 11.6. The highest BCUT2D eigenvalue weighted by Gasteiger charge is 2.02. The zero-order valence-corrected chi connectivity index (χ0v) is 13.4. The van der Waals surface area contributed by atoms with Gasteiger partial charge in [-0.3, -0.25) is 0 Å². The lowest BCUT2D eigenvalue weighted by molar-refractivity contribution is -0.137. The summed E-state index contributed by atoms with van der Waals surface area (Å²) in [7, 11) is 1.65. The molecule has 0 aromatic heterocycles. The number of carbonyl (C=O) groups is 1. The average Bonchev–Trinajstić information content (AvgIpc) is 2.52. The van der Waals surface area contributed by atoms with Crippen LogP contribution >= 0.6 is 0 Å². The summed E-state index contributed by atoms with van der Waals surface area (Å²) in [6.45, 7) is 4.75. The second-order valence-corrected chi connectivity index (χ2v) is 4.98. The summed E-state index contributed by atoms with van der Waals surface area (Å²) < 4.78 is 10.4. The van der Waals surface area contributed by atoms with Gasteiger partial charge in [0.05, 0.1) is 13.7 Å². The topological polar surface area (TPSA) is 35.5 Å². The quantitative estimate of drug-likeness (QED) is 0.384. The third kappa shape index (κ3) is 6.48. The average molecular weight is 290 g/mol. The molecule has 1 aromatic rings. The molecule has 0 heterocycles. The van der Waals surface area contributed by atoms with Crippen molar-refractivity contribution in [3.63, 3.8) is 0 Å². The summed E-state index contributed by atoms with van der Waals surface area (Å²) in [5, 5.41) is 0. The number of hydrogen-bond donors (Lipinski definition) is 0. The lowest BCUT2D eigenvalue weighted by Crippen LogP contribution is -2.02. The zero-order chi connectivity index (χ0) is 15.5.